The van der Waals surface area contributed by atoms with E-state index in [2.05, 4.69) is 56.6 Å². The first kappa shape index (κ1) is 27.3. The van der Waals surface area contributed by atoms with Crippen molar-refractivity contribution in [2.75, 3.05) is 19.5 Å². The summed E-state index contributed by atoms with van der Waals surface area (Å²) in [6, 6.07) is 30.8. The molecule has 0 saturated heterocycles. The molecule has 1 amide bonds. The molecule has 1 heterocycles. The molecule has 7 heteroatoms. The Kier molecular flexibility index (Phi) is 7.99. The lowest BCUT2D eigenvalue weighted by atomic mass is 10.0. The van der Waals surface area contributed by atoms with Crippen LogP contribution in [0.2, 0.25) is 0 Å². The molecule has 4 aromatic carbocycles. The van der Waals surface area contributed by atoms with Crippen LogP contribution in [-0.4, -0.2) is 41.0 Å². The van der Waals surface area contributed by atoms with Gasteiger partial charge in [-0.15, -0.1) is 0 Å². The number of fused-ring (bicyclic) bond motifs is 1. The van der Waals surface area contributed by atoms with Crippen molar-refractivity contribution >= 4 is 22.6 Å². The van der Waals surface area contributed by atoms with Gasteiger partial charge >= 0.3 is 0 Å². The number of carbonyl (C=O) groups is 1. The number of benzene rings is 4. The summed E-state index contributed by atoms with van der Waals surface area (Å²) in [4.78, 5) is 24.4. The Labute approximate surface area is 246 Å². The second kappa shape index (κ2) is 12.3. The molecule has 5 aromatic rings. The lowest BCUT2D eigenvalue weighted by Gasteiger charge is -2.23. The van der Waals surface area contributed by atoms with Gasteiger partial charge in [0.05, 0.1) is 26.2 Å². The third kappa shape index (κ3) is 6.20. The molecule has 1 saturated carbocycles. The first-order chi connectivity index (χ1) is 20.6. The van der Waals surface area contributed by atoms with Gasteiger partial charge in [0.25, 0.3) is 0 Å². The van der Waals surface area contributed by atoms with Crippen LogP contribution in [0.15, 0.2) is 97.3 Å². The van der Waals surface area contributed by atoms with Gasteiger partial charge < -0.3 is 19.7 Å². The second-order valence-corrected chi connectivity index (χ2v) is 10.6. The van der Waals surface area contributed by atoms with Crippen molar-refractivity contribution in [2.45, 2.75) is 38.4 Å². The third-order valence-electron chi connectivity index (χ3n) is 7.70. The average molecular weight is 559 g/mol. The Morgan fingerprint density at radius 1 is 0.857 bits per heavy atom. The van der Waals surface area contributed by atoms with E-state index >= 15 is 0 Å². The van der Waals surface area contributed by atoms with E-state index in [0.717, 1.165) is 68.9 Å². The average Bonchev–Trinajstić information content (AvgIpc) is 3.88. The van der Waals surface area contributed by atoms with E-state index in [4.69, 9.17) is 9.47 Å². The molecule has 0 aliphatic heterocycles. The monoisotopic (exact) mass is 558 g/mol. The number of anilines is 1. The number of carbonyl (C=O) groups excluding carboxylic acids is 1. The summed E-state index contributed by atoms with van der Waals surface area (Å²) in [5, 5.41) is 4.40. The number of ether oxygens (including phenoxy) is 2. The van der Waals surface area contributed by atoms with Crippen LogP contribution in [0.5, 0.6) is 11.5 Å². The maximum atomic E-state index is 13.3. The largest absolute Gasteiger partial charge is 0.497 e. The highest BCUT2D eigenvalue weighted by Gasteiger charge is 2.32. The lowest BCUT2D eigenvalue weighted by molar-refractivity contribution is -0.131. The zero-order valence-electron chi connectivity index (χ0n) is 23.9. The molecule has 0 radical (unpaired) electrons. The maximum Gasteiger partial charge on any atom is 0.227 e. The van der Waals surface area contributed by atoms with Crippen molar-refractivity contribution in [1.82, 2.24) is 14.9 Å². The van der Waals surface area contributed by atoms with Crippen molar-refractivity contribution < 1.29 is 14.3 Å². The summed E-state index contributed by atoms with van der Waals surface area (Å²) < 4.78 is 10.9. The van der Waals surface area contributed by atoms with Crippen LogP contribution in [0.3, 0.4) is 0 Å². The number of hydrogen-bond acceptors (Lipinski definition) is 6. The van der Waals surface area contributed by atoms with E-state index in [0.29, 0.717) is 25.6 Å². The van der Waals surface area contributed by atoms with Crippen molar-refractivity contribution in [1.29, 1.82) is 0 Å². The van der Waals surface area contributed by atoms with Crippen molar-refractivity contribution in [3.8, 4) is 22.6 Å². The molecule has 0 bridgehead atoms. The van der Waals surface area contributed by atoms with Gasteiger partial charge in [0.1, 0.15) is 23.6 Å². The Morgan fingerprint density at radius 2 is 1.67 bits per heavy atom. The SMILES string of the molecule is COc1ccc(CNc2ncnc3ccc(-c4cccc(CN(C(=O)Cc5ccccc5)C5CC5)c4)cc23)c(OC)c1. The molecule has 0 spiro atoms. The summed E-state index contributed by atoms with van der Waals surface area (Å²) in [5.74, 6) is 2.43. The van der Waals surface area contributed by atoms with Gasteiger partial charge in [0, 0.05) is 36.1 Å². The highest BCUT2D eigenvalue weighted by Crippen LogP contribution is 2.32. The fraction of sp³-hybridized carbons (Fsp3) is 0.229. The van der Waals surface area contributed by atoms with Crippen LogP contribution in [0, 0.1) is 0 Å². The van der Waals surface area contributed by atoms with Gasteiger partial charge in [0.2, 0.25) is 5.91 Å². The van der Waals surface area contributed by atoms with E-state index in [1.165, 1.54) is 0 Å². The number of methoxy groups -OCH3 is 2. The van der Waals surface area contributed by atoms with E-state index in [-0.39, 0.29) is 5.91 Å². The highest BCUT2D eigenvalue weighted by molar-refractivity contribution is 5.92. The first-order valence-corrected chi connectivity index (χ1v) is 14.2. The number of nitrogens with one attached hydrogen (secondary N) is 1. The van der Waals surface area contributed by atoms with Gasteiger partial charge in [-0.3, -0.25) is 4.79 Å². The fourth-order valence-electron chi connectivity index (χ4n) is 5.28. The number of nitrogens with zero attached hydrogens (tertiary/aromatic N) is 3. The smallest absolute Gasteiger partial charge is 0.227 e. The normalized spacial score (nSPS) is 12.6. The van der Waals surface area contributed by atoms with Crippen molar-refractivity contribution in [3.05, 3.63) is 114 Å². The summed E-state index contributed by atoms with van der Waals surface area (Å²) in [5.41, 5.74) is 6.19. The minimum absolute atomic E-state index is 0.182. The van der Waals surface area contributed by atoms with Crippen molar-refractivity contribution in [2.24, 2.45) is 0 Å². The zero-order chi connectivity index (χ0) is 28.9. The number of rotatable bonds is 11. The molecular weight excluding hydrogens is 524 g/mol. The molecule has 212 valence electrons. The minimum atomic E-state index is 0.182. The fourth-order valence-corrected chi connectivity index (χ4v) is 5.28. The van der Waals surface area contributed by atoms with Gasteiger partial charge in [-0.2, -0.15) is 0 Å². The van der Waals surface area contributed by atoms with Gasteiger partial charge in [-0.05, 0) is 65.4 Å². The molecule has 1 aliphatic rings. The van der Waals surface area contributed by atoms with Crippen LogP contribution >= 0.6 is 0 Å². The molecule has 1 aromatic heterocycles. The molecule has 1 N–H and O–H groups in total. The van der Waals surface area contributed by atoms with Crippen LogP contribution in [0.4, 0.5) is 5.82 Å². The molecule has 0 atom stereocenters. The molecule has 7 nitrogen and oxygen atoms in total. The van der Waals surface area contributed by atoms with E-state index < -0.39 is 0 Å². The first-order valence-electron chi connectivity index (χ1n) is 14.2. The zero-order valence-corrected chi connectivity index (χ0v) is 23.9. The molecular formula is C35H34N4O3. The van der Waals surface area contributed by atoms with Crippen LogP contribution in [-0.2, 0) is 24.3 Å². The minimum Gasteiger partial charge on any atom is -0.497 e. The lowest BCUT2D eigenvalue weighted by Crippen LogP contribution is -2.33. The van der Waals surface area contributed by atoms with Crippen LogP contribution in [0.25, 0.3) is 22.0 Å². The van der Waals surface area contributed by atoms with E-state index in [9.17, 15) is 4.79 Å². The summed E-state index contributed by atoms with van der Waals surface area (Å²) in [6.45, 7) is 1.14. The predicted octanol–water partition coefficient (Wildman–Crippen LogP) is 6.66. The summed E-state index contributed by atoms with van der Waals surface area (Å²) in [7, 11) is 3.30. The number of amides is 1. The van der Waals surface area contributed by atoms with Crippen molar-refractivity contribution in [3.63, 3.8) is 0 Å². The Morgan fingerprint density at radius 3 is 2.45 bits per heavy atom. The molecule has 1 aliphatic carbocycles. The van der Waals surface area contributed by atoms with Gasteiger partial charge in [0.15, 0.2) is 0 Å². The van der Waals surface area contributed by atoms with E-state index in [1.807, 2.05) is 54.6 Å². The number of hydrogen-bond donors (Lipinski definition) is 1. The Balaban J connectivity index is 1.22. The second-order valence-electron chi connectivity index (χ2n) is 10.6. The molecule has 1 fully saturated rings. The predicted molar refractivity (Wildman–Crippen MR) is 166 cm³/mol. The molecule has 6 rings (SSSR count). The van der Waals surface area contributed by atoms with Crippen LogP contribution in [0.1, 0.15) is 29.5 Å². The van der Waals surface area contributed by atoms with E-state index in [1.54, 1.807) is 20.5 Å². The summed E-state index contributed by atoms with van der Waals surface area (Å²) in [6.07, 6.45) is 4.15. The highest BCUT2D eigenvalue weighted by atomic mass is 16.5. The van der Waals surface area contributed by atoms with Gasteiger partial charge in [-0.1, -0.05) is 54.6 Å². The Bertz CT molecular complexity index is 1700. The number of aromatic nitrogens is 2. The standard InChI is InChI=1S/C35H34N4O3/c1-41-30-15-11-28(33(20-30)42-2)21-36-35-31-19-27(12-16-32(31)37-23-38-35)26-10-6-9-25(17-26)22-39(29-13-14-29)34(40)18-24-7-4-3-5-8-24/h3-12,15-17,19-20,23,29H,13-14,18,21-22H2,1-2H3,(H,36,37,38). The molecule has 0 unspecified atom stereocenters. The molecule has 42 heavy (non-hydrogen) atoms. The topological polar surface area (TPSA) is 76.6 Å². The third-order valence-corrected chi connectivity index (χ3v) is 7.70. The Hall–Kier alpha value is -4.91. The van der Waals surface area contributed by atoms with Crippen LogP contribution < -0.4 is 14.8 Å². The van der Waals surface area contributed by atoms with Gasteiger partial charge in [-0.25, -0.2) is 9.97 Å². The summed E-state index contributed by atoms with van der Waals surface area (Å²) >= 11 is 0. The maximum absolute atomic E-state index is 13.3. The quantitative estimate of drug-likeness (QED) is 0.195.